The summed E-state index contributed by atoms with van der Waals surface area (Å²) in [6.45, 7) is 2.47. The minimum absolute atomic E-state index is 0.00986. The summed E-state index contributed by atoms with van der Waals surface area (Å²) in [7, 11) is 0. The number of nitrogens with one attached hydrogen (secondary N) is 2. The molecule has 1 aliphatic rings. The fraction of sp³-hybridized carbons (Fsp3) is 0.208. The van der Waals surface area contributed by atoms with Crippen molar-refractivity contribution >= 4 is 23.2 Å². The highest BCUT2D eigenvalue weighted by Crippen LogP contribution is 2.48. The normalized spacial score (nSPS) is 16.9. The lowest BCUT2D eigenvalue weighted by atomic mass is 9.99. The van der Waals surface area contributed by atoms with Crippen LogP contribution < -0.4 is 10.1 Å². The lowest BCUT2D eigenvalue weighted by Crippen LogP contribution is -2.14. The Bertz CT molecular complexity index is 1280. The number of H-pyrrole nitrogens is 1. The van der Waals surface area contributed by atoms with Crippen molar-refractivity contribution in [2.45, 2.75) is 19.3 Å². The van der Waals surface area contributed by atoms with Crippen LogP contribution >= 0.6 is 11.6 Å². The van der Waals surface area contributed by atoms with Crippen LogP contribution in [-0.2, 0) is 4.79 Å². The molecule has 5 rings (SSSR count). The van der Waals surface area contributed by atoms with Crippen LogP contribution in [0, 0.1) is 5.92 Å². The third-order valence-corrected chi connectivity index (χ3v) is 5.90. The van der Waals surface area contributed by atoms with Gasteiger partial charge in [0.2, 0.25) is 5.91 Å². The summed E-state index contributed by atoms with van der Waals surface area (Å²) in [6, 6.07) is 15.2. The molecule has 2 atom stereocenters. The highest BCUT2D eigenvalue weighted by molar-refractivity contribution is 6.30. The number of tetrazole rings is 1. The monoisotopic (exact) mass is 460 g/mol. The number of aromatic amines is 1. The first kappa shape index (κ1) is 21.1. The number of anilines is 1. The molecule has 2 heterocycles. The van der Waals surface area contributed by atoms with Crippen molar-refractivity contribution in [2.24, 2.45) is 5.92 Å². The van der Waals surface area contributed by atoms with Crippen LogP contribution in [0.1, 0.15) is 24.8 Å². The van der Waals surface area contributed by atoms with E-state index in [2.05, 4.69) is 30.9 Å². The van der Waals surface area contributed by atoms with Crippen molar-refractivity contribution in [3.8, 4) is 28.3 Å². The molecule has 0 bridgehead atoms. The summed E-state index contributed by atoms with van der Waals surface area (Å²) in [5, 5.41) is 18.0. The van der Waals surface area contributed by atoms with Gasteiger partial charge in [-0.3, -0.25) is 9.78 Å². The zero-order chi connectivity index (χ0) is 22.8. The smallest absolute Gasteiger partial charge is 0.228 e. The Hall–Kier alpha value is -3.78. The predicted molar refractivity (Wildman–Crippen MR) is 125 cm³/mol. The molecule has 0 radical (unpaired) electrons. The van der Waals surface area contributed by atoms with Gasteiger partial charge in [-0.15, -0.1) is 5.10 Å². The summed E-state index contributed by atoms with van der Waals surface area (Å²) in [4.78, 5) is 17.2. The molecular weight excluding hydrogens is 440 g/mol. The van der Waals surface area contributed by atoms with Gasteiger partial charge >= 0.3 is 0 Å². The number of hydrogen-bond acceptors (Lipinski definition) is 6. The van der Waals surface area contributed by atoms with E-state index in [1.165, 1.54) is 0 Å². The summed E-state index contributed by atoms with van der Waals surface area (Å²) < 4.78 is 5.59. The van der Waals surface area contributed by atoms with Gasteiger partial charge in [0.1, 0.15) is 5.75 Å². The van der Waals surface area contributed by atoms with Crippen molar-refractivity contribution in [1.82, 2.24) is 25.6 Å². The van der Waals surface area contributed by atoms with Crippen molar-refractivity contribution in [1.29, 1.82) is 0 Å². The molecular formula is C24H21ClN6O2. The molecule has 1 fully saturated rings. The number of nitrogens with zero attached hydrogens (tertiary/aromatic N) is 4. The standard InChI is InChI=1S/C24H21ClN6O2/c1-2-33-18-9-15(12-26-13-18)19-8-7-17(10-21(19)23-28-30-31-29-23)27-24(32)22-11-20(22)14-3-5-16(25)6-4-14/h3-10,12-13,20,22H,2,11H2,1H3,(H,27,32)(H,28,29,30,31). The van der Waals surface area contributed by atoms with Crippen LogP contribution in [0.5, 0.6) is 5.75 Å². The number of halogens is 1. The Morgan fingerprint density at radius 1 is 1.15 bits per heavy atom. The van der Waals surface area contributed by atoms with Crippen LogP contribution in [0.3, 0.4) is 0 Å². The molecule has 1 amide bonds. The third kappa shape index (κ3) is 4.56. The average molecular weight is 461 g/mol. The van der Waals surface area contributed by atoms with E-state index >= 15 is 0 Å². The van der Waals surface area contributed by atoms with Crippen molar-refractivity contribution < 1.29 is 9.53 Å². The molecule has 8 nitrogen and oxygen atoms in total. The number of ether oxygens (including phenoxy) is 1. The number of amides is 1. The van der Waals surface area contributed by atoms with Crippen LogP contribution in [0.2, 0.25) is 5.02 Å². The SMILES string of the molecule is CCOc1cncc(-c2ccc(NC(=O)C3CC3c3ccc(Cl)cc3)cc2-c2nnn[nH]2)c1. The van der Waals surface area contributed by atoms with Gasteiger partial charge in [-0.05, 0) is 71.1 Å². The van der Waals surface area contributed by atoms with Crippen LogP contribution in [-0.4, -0.2) is 38.1 Å². The van der Waals surface area contributed by atoms with Crippen LogP contribution in [0.15, 0.2) is 60.9 Å². The number of pyridine rings is 1. The molecule has 2 N–H and O–H groups in total. The van der Waals surface area contributed by atoms with Gasteiger partial charge in [0.05, 0.1) is 12.8 Å². The maximum Gasteiger partial charge on any atom is 0.228 e. The van der Waals surface area contributed by atoms with Crippen molar-refractivity contribution in [3.63, 3.8) is 0 Å². The minimum Gasteiger partial charge on any atom is -0.492 e. The average Bonchev–Trinajstić information content (AvgIpc) is 3.44. The van der Waals surface area contributed by atoms with Crippen molar-refractivity contribution in [3.05, 3.63) is 71.5 Å². The van der Waals surface area contributed by atoms with E-state index in [4.69, 9.17) is 16.3 Å². The Balaban J connectivity index is 1.39. The second-order valence-electron chi connectivity index (χ2n) is 7.84. The summed E-state index contributed by atoms with van der Waals surface area (Å²) in [5.41, 5.74) is 4.27. The zero-order valence-electron chi connectivity index (χ0n) is 17.8. The van der Waals surface area contributed by atoms with Gasteiger partial charge in [-0.1, -0.05) is 29.8 Å². The molecule has 2 unspecified atom stereocenters. The van der Waals surface area contributed by atoms with Gasteiger partial charge < -0.3 is 10.1 Å². The topological polar surface area (TPSA) is 106 Å². The molecule has 0 saturated heterocycles. The Labute approximate surface area is 195 Å². The molecule has 0 spiro atoms. The summed E-state index contributed by atoms with van der Waals surface area (Å²) >= 11 is 5.97. The quantitative estimate of drug-likeness (QED) is 0.413. The first-order valence-electron chi connectivity index (χ1n) is 10.6. The van der Waals surface area contributed by atoms with E-state index in [1.54, 1.807) is 12.4 Å². The molecule has 33 heavy (non-hydrogen) atoms. The lowest BCUT2D eigenvalue weighted by molar-refractivity contribution is -0.117. The number of carbonyl (C=O) groups excluding carboxylic acids is 1. The highest BCUT2D eigenvalue weighted by Gasteiger charge is 2.43. The number of aromatic nitrogens is 5. The van der Waals surface area contributed by atoms with Gasteiger partial charge in [0, 0.05) is 34.0 Å². The van der Waals surface area contributed by atoms with E-state index in [9.17, 15) is 4.79 Å². The number of benzene rings is 2. The minimum atomic E-state index is -0.0617. The van der Waals surface area contributed by atoms with E-state index in [0.717, 1.165) is 28.7 Å². The molecule has 1 saturated carbocycles. The maximum absolute atomic E-state index is 12.9. The molecule has 2 aromatic heterocycles. The first-order chi connectivity index (χ1) is 16.1. The van der Waals surface area contributed by atoms with E-state index < -0.39 is 0 Å². The second kappa shape index (κ2) is 8.99. The Kier molecular flexibility index (Phi) is 5.75. The van der Waals surface area contributed by atoms with E-state index in [0.29, 0.717) is 28.9 Å². The highest BCUT2D eigenvalue weighted by atomic mass is 35.5. The summed E-state index contributed by atoms with van der Waals surface area (Å²) in [5.74, 6) is 1.31. The first-order valence-corrected chi connectivity index (χ1v) is 11.0. The third-order valence-electron chi connectivity index (χ3n) is 5.65. The van der Waals surface area contributed by atoms with Crippen LogP contribution in [0.25, 0.3) is 22.5 Å². The van der Waals surface area contributed by atoms with Crippen molar-refractivity contribution in [2.75, 3.05) is 11.9 Å². The number of carbonyl (C=O) groups is 1. The molecule has 2 aromatic carbocycles. The fourth-order valence-corrected chi connectivity index (χ4v) is 4.08. The second-order valence-corrected chi connectivity index (χ2v) is 8.28. The van der Waals surface area contributed by atoms with E-state index in [-0.39, 0.29) is 17.7 Å². The number of rotatable bonds is 7. The number of hydrogen-bond donors (Lipinski definition) is 2. The fourth-order valence-electron chi connectivity index (χ4n) is 3.95. The predicted octanol–water partition coefficient (Wildman–Crippen LogP) is 4.72. The van der Waals surface area contributed by atoms with Crippen LogP contribution in [0.4, 0.5) is 5.69 Å². The lowest BCUT2D eigenvalue weighted by Gasteiger charge is -2.12. The maximum atomic E-state index is 12.9. The zero-order valence-corrected chi connectivity index (χ0v) is 18.6. The molecule has 1 aliphatic carbocycles. The summed E-state index contributed by atoms with van der Waals surface area (Å²) in [6.07, 6.45) is 4.24. The molecule has 4 aromatic rings. The van der Waals surface area contributed by atoms with Gasteiger partial charge in [0.25, 0.3) is 0 Å². The Morgan fingerprint density at radius 2 is 2.00 bits per heavy atom. The Morgan fingerprint density at radius 3 is 2.76 bits per heavy atom. The van der Waals surface area contributed by atoms with Gasteiger partial charge in [0.15, 0.2) is 5.82 Å². The van der Waals surface area contributed by atoms with Gasteiger partial charge in [-0.2, -0.15) is 0 Å². The molecule has 9 heteroatoms. The van der Waals surface area contributed by atoms with Gasteiger partial charge in [-0.25, -0.2) is 5.10 Å². The largest absolute Gasteiger partial charge is 0.492 e. The molecule has 166 valence electrons. The molecule has 0 aliphatic heterocycles. The van der Waals surface area contributed by atoms with E-state index in [1.807, 2.05) is 55.5 Å².